The van der Waals surface area contributed by atoms with Gasteiger partial charge >= 0.3 is 0 Å². The van der Waals surface area contributed by atoms with Crippen molar-refractivity contribution in [1.82, 2.24) is 8.87 Å². The lowest BCUT2D eigenvalue weighted by Gasteiger charge is -2.20. The summed E-state index contributed by atoms with van der Waals surface area (Å²) in [5, 5.41) is 3.26. The highest BCUT2D eigenvalue weighted by molar-refractivity contribution is 7.89. The predicted octanol–water partition coefficient (Wildman–Crippen LogP) is 2.76. The van der Waals surface area contributed by atoms with Crippen LogP contribution in [0.15, 0.2) is 52.3 Å². The Balaban J connectivity index is 1.77. The second-order valence-corrected chi connectivity index (χ2v) is 9.85. The third kappa shape index (κ3) is 3.32. The van der Waals surface area contributed by atoms with Crippen LogP contribution in [0, 0.1) is 6.92 Å². The van der Waals surface area contributed by atoms with Crippen molar-refractivity contribution in [3.8, 4) is 0 Å². The molecule has 0 aliphatic carbocycles. The number of pyridine rings is 1. The first-order chi connectivity index (χ1) is 14.2. The highest BCUT2D eigenvalue weighted by Gasteiger charge is 2.22. The summed E-state index contributed by atoms with van der Waals surface area (Å²) in [6.07, 6.45) is 3.46. The largest absolute Gasteiger partial charge is 0.346 e. The minimum atomic E-state index is -3.65. The fourth-order valence-corrected chi connectivity index (χ4v) is 4.74. The summed E-state index contributed by atoms with van der Waals surface area (Å²) in [6, 6.07) is 10.2. The molecule has 3 aromatic rings. The lowest BCUT2D eigenvalue weighted by Crippen LogP contribution is -2.26. The summed E-state index contributed by atoms with van der Waals surface area (Å²) in [7, 11) is -0.750. The van der Waals surface area contributed by atoms with Crippen molar-refractivity contribution < 1.29 is 13.2 Å². The molecule has 1 amide bonds. The molecule has 0 fully saturated rings. The highest BCUT2D eigenvalue weighted by atomic mass is 32.2. The van der Waals surface area contributed by atoms with Gasteiger partial charge in [-0.15, -0.1) is 0 Å². The molecule has 7 nitrogen and oxygen atoms in total. The molecule has 0 saturated heterocycles. The van der Waals surface area contributed by atoms with E-state index in [1.54, 1.807) is 25.3 Å². The second kappa shape index (κ2) is 7.37. The fourth-order valence-electron chi connectivity index (χ4n) is 3.81. The fraction of sp³-hybridized carbons (Fsp3) is 0.273. The first kappa shape index (κ1) is 20.3. The van der Waals surface area contributed by atoms with E-state index in [4.69, 9.17) is 0 Å². The van der Waals surface area contributed by atoms with Gasteiger partial charge < -0.3 is 9.88 Å². The molecule has 0 unspecified atom stereocenters. The smallest absolute Gasteiger partial charge is 0.261 e. The molecule has 1 aliphatic heterocycles. The van der Waals surface area contributed by atoms with Crippen LogP contribution in [0.1, 0.15) is 27.9 Å². The van der Waals surface area contributed by atoms with Crippen LogP contribution in [0.5, 0.6) is 0 Å². The number of rotatable bonds is 4. The Labute approximate surface area is 175 Å². The van der Waals surface area contributed by atoms with Gasteiger partial charge in [0.05, 0.1) is 10.4 Å². The van der Waals surface area contributed by atoms with E-state index in [9.17, 15) is 18.0 Å². The number of anilines is 1. The summed E-state index contributed by atoms with van der Waals surface area (Å²) in [5.41, 5.74) is 2.78. The first-order valence-corrected chi connectivity index (χ1v) is 11.1. The maximum absolute atomic E-state index is 13.0. The standard InChI is InChI=1S/C22H23N3O4S/c1-14-9-10-16(30(28,29)24(2)3)12-19(14)23-22(27)18-13-25-11-5-7-15-6-4-8-17(20(15)25)21(18)26/h4,6,8-10,12-13H,5,7,11H2,1-3H3,(H,23,27). The number of hydrogen-bond acceptors (Lipinski definition) is 4. The lowest BCUT2D eigenvalue weighted by molar-refractivity contribution is 0.102. The highest BCUT2D eigenvalue weighted by Crippen LogP contribution is 2.25. The molecule has 30 heavy (non-hydrogen) atoms. The second-order valence-electron chi connectivity index (χ2n) is 7.70. The zero-order chi connectivity index (χ0) is 21.6. The molecule has 1 aromatic heterocycles. The van der Waals surface area contributed by atoms with Crippen molar-refractivity contribution in [2.75, 3.05) is 19.4 Å². The number of nitrogens with one attached hydrogen (secondary N) is 1. The molecule has 0 saturated carbocycles. The van der Waals surface area contributed by atoms with Crippen molar-refractivity contribution in [3.63, 3.8) is 0 Å². The van der Waals surface area contributed by atoms with Crippen molar-refractivity contribution in [2.45, 2.75) is 31.2 Å². The number of carbonyl (C=O) groups is 1. The van der Waals surface area contributed by atoms with Crippen LogP contribution < -0.4 is 10.7 Å². The molecule has 2 heterocycles. The number of para-hydroxylation sites is 1. The average molecular weight is 426 g/mol. The SMILES string of the molecule is Cc1ccc(S(=O)(=O)N(C)C)cc1NC(=O)c1cn2c3c(cccc3c1=O)CCC2. The maximum atomic E-state index is 13.0. The molecule has 0 bridgehead atoms. The Morgan fingerprint density at radius 3 is 2.67 bits per heavy atom. The summed E-state index contributed by atoms with van der Waals surface area (Å²) >= 11 is 0. The predicted molar refractivity (Wildman–Crippen MR) is 117 cm³/mol. The number of sulfonamides is 1. The van der Waals surface area contributed by atoms with Crippen LogP contribution >= 0.6 is 0 Å². The number of amides is 1. The number of benzene rings is 2. The lowest BCUT2D eigenvalue weighted by atomic mass is 9.99. The topological polar surface area (TPSA) is 88.5 Å². The Kier molecular flexibility index (Phi) is 4.99. The molecule has 2 aromatic carbocycles. The number of nitrogens with zero attached hydrogens (tertiary/aromatic N) is 2. The van der Waals surface area contributed by atoms with Gasteiger partial charge in [-0.25, -0.2) is 12.7 Å². The van der Waals surface area contributed by atoms with E-state index in [2.05, 4.69) is 5.32 Å². The average Bonchev–Trinajstić information content (AvgIpc) is 2.71. The van der Waals surface area contributed by atoms with Crippen LogP contribution in [0.25, 0.3) is 10.9 Å². The van der Waals surface area contributed by atoms with Gasteiger partial charge in [-0.1, -0.05) is 18.2 Å². The van der Waals surface area contributed by atoms with Crippen molar-refractivity contribution in [3.05, 3.63) is 69.5 Å². The van der Waals surface area contributed by atoms with Crippen molar-refractivity contribution in [1.29, 1.82) is 0 Å². The number of hydrogen-bond donors (Lipinski definition) is 1. The van der Waals surface area contributed by atoms with E-state index in [1.165, 1.54) is 26.2 Å². The van der Waals surface area contributed by atoms with Gasteiger partial charge in [0.2, 0.25) is 15.5 Å². The molecule has 8 heteroatoms. The molecule has 4 rings (SSSR count). The summed E-state index contributed by atoms with van der Waals surface area (Å²) in [4.78, 5) is 26.1. The van der Waals surface area contributed by atoms with Gasteiger partial charge in [-0.2, -0.15) is 0 Å². The van der Waals surface area contributed by atoms with E-state index < -0.39 is 15.9 Å². The minimum absolute atomic E-state index is 0.0434. The zero-order valence-corrected chi connectivity index (χ0v) is 17.9. The van der Waals surface area contributed by atoms with Gasteiger partial charge in [0.15, 0.2) is 0 Å². The van der Waals surface area contributed by atoms with E-state index in [0.717, 1.165) is 34.8 Å². The maximum Gasteiger partial charge on any atom is 0.261 e. The molecule has 0 radical (unpaired) electrons. The van der Waals surface area contributed by atoms with E-state index in [1.807, 2.05) is 16.7 Å². The number of aromatic nitrogens is 1. The summed E-state index contributed by atoms with van der Waals surface area (Å²) in [6.45, 7) is 2.51. The van der Waals surface area contributed by atoms with Crippen LogP contribution in [0.4, 0.5) is 5.69 Å². The van der Waals surface area contributed by atoms with Crippen LogP contribution in [0.3, 0.4) is 0 Å². The normalized spacial score (nSPS) is 13.6. The Morgan fingerprint density at radius 1 is 1.17 bits per heavy atom. The van der Waals surface area contributed by atoms with Gasteiger partial charge in [0.1, 0.15) is 5.56 Å². The molecular formula is C22H23N3O4S. The number of carbonyl (C=O) groups excluding carboxylic acids is 1. The minimum Gasteiger partial charge on any atom is -0.346 e. The van der Waals surface area contributed by atoms with Crippen LogP contribution in [-0.2, 0) is 23.0 Å². The third-order valence-electron chi connectivity index (χ3n) is 5.51. The third-order valence-corrected chi connectivity index (χ3v) is 7.32. The molecule has 1 aliphatic rings. The van der Waals surface area contributed by atoms with Crippen molar-refractivity contribution in [2.24, 2.45) is 0 Å². The van der Waals surface area contributed by atoms with Crippen LogP contribution in [-0.4, -0.2) is 37.3 Å². The van der Waals surface area contributed by atoms with Gasteiger partial charge in [-0.05, 0) is 49.1 Å². The number of aryl methyl sites for hydroxylation is 3. The van der Waals surface area contributed by atoms with Gasteiger partial charge in [0.25, 0.3) is 5.91 Å². The van der Waals surface area contributed by atoms with E-state index in [0.29, 0.717) is 16.6 Å². The monoisotopic (exact) mass is 425 g/mol. The van der Waals surface area contributed by atoms with E-state index in [-0.39, 0.29) is 15.9 Å². The Morgan fingerprint density at radius 2 is 1.93 bits per heavy atom. The Bertz CT molecular complexity index is 1340. The molecular weight excluding hydrogens is 402 g/mol. The zero-order valence-electron chi connectivity index (χ0n) is 17.1. The Hall–Kier alpha value is -2.97. The van der Waals surface area contributed by atoms with E-state index >= 15 is 0 Å². The first-order valence-electron chi connectivity index (χ1n) is 9.70. The summed E-state index contributed by atoms with van der Waals surface area (Å²) < 4.78 is 27.9. The molecule has 0 atom stereocenters. The van der Waals surface area contributed by atoms with Gasteiger partial charge in [0, 0.05) is 37.9 Å². The quantitative estimate of drug-likeness (QED) is 0.696. The molecule has 0 spiro atoms. The van der Waals surface area contributed by atoms with Crippen LogP contribution in [0.2, 0.25) is 0 Å². The van der Waals surface area contributed by atoms with Gasteiger partial charge in [-0.3, -0.25) is 9.59 Å². The summed E-state index contributed by atoms with van der Waals surface area (Å²) in [5.74, 6) is -0.552. The molecule has 1 N–H and O–H groups in total. The van der Waals surface area contributed by atoms with Crippen molar-refractivity contribution >= 4 is 32.5 Å². The molecule has 156 valence electrons.